The van der Waals surface area contributed by atoms with E-state index in [1.807, 2.05) is 4.57 Å². The maximum atomic E-state index is 9.22. The summed E-state index contributed by atoms with van der Waals surface area (Å²) in [5.74, 6) is 0.675. The summed E-state index contributed by atoms with van der Waals surface area (Å²) in [6.07, 6.45) is 6.59. The second-order valence-electron chi connectivity index (χ2n) is 5.48. The van der Waals surface area contributed by atoms with Gasteiger partial charge in [0.05, 0.1) is 24.4 Å². The lowest BCUT2D eigenvalue weighted by Crippen LogP contribution is -2.19. The first kappa shape index (κ1) is 14.3. The minimum Gasteiger partial charge on any atom is -0.355 e. The number of nitriles is 2. The number of anilines is 1. The minimum absolute atomic E-state index is 0.206. The van der Waals surface area contributed by atoms with E-state index in [1.165, 1.54) is 12.8 Å². The molecule has 112 valence electrons. The summed E-state index contributed by atoms with van der Waals surface area (Å²) in [4.78, 5) is 15.4. The molecule has 1 atom stereocenters. The van der Waals surface area contributed by atoms with Crippen molar-refractivity contribution in [3.8, 4) is 12.1 Å². The summed E-state index contributed by atoms with van der Waals surface area (Å²) in [7, 11) is 0. The van der Waals surface area contributed by atoms with E-state index in [2.05, 4.69) is 32.0 Å². The molecule has 0 bridgehead atoms. The zero-order valence-electron chi connectivity index (χ0n) is 12.3. The largest absolute Gasteiger partial charge is 0.355 e. The summed E-state index contributed by atoms with van der Waals surface area (Å²) in [6.45, 7) is 2.51. The van der Waals surface area contributed by atoms with Crippen LogP contribution in [0, 0.1) is 28.6 Å². The van der Waals surface area contributed by atoms with Gasteiger partial charge in [0.25, 0.3) is 0 Å². The van der Waals surface area contributed by atoms with Crippen molar-refractivity contribution in [1.29, 1.82) is 10.5 Å². The van der Waals surface area contributed by atoms with Crippen LogP contribution in [0.15, 0.2) is 12.7 Å². The predicted molar refractivity (Wildman–Crippen MR) is 80.7 cm³/mol. The van der Waals surface area contributed by atoms with Crippen LogP contribution >= 0.6 is 0 Å². The van der Waals surface area contributed by atoms with Gasteiger partial charge in [-0.05, 0) is 19.3 Å². The van der Waals surface area contributed by atoms with Gasteiger partial charge in [-0.1, -0.05) is 0 Å². The summed E-state index contributed by atoms with van der Waals surface area (Å²) >= 11 is 0. The van der Waals surface area contributed by atoms with Crippen LogP contribution in [0.5, 0.6) is 0 Å². The molecule has 0 saturated carbocycles. The highest BCUT2D eigenvalue weighted by Crippen LogP contribution is 2.25. The summed E-state index contributed by atoms with van der Waals surface area (Å²) in [5.41, 5.74) is 1.55. The first-order chi connectivity index (χ1) is 10.8. The van der Waals surface area contributed by atoms with Crippen molar-refractivity contribution in [2.45, 2.75) is 32.2 Å². The van der Waals surface area contributed by atoms with Crippen LogP contribution in [0.4, 0.5) is 5.82 Å². The van der Waals surface area contributed by atoms with E-state index in [1.54, 1.807) is 12.7 Å². The fourth-order valence-corrected chi connectivity index (χ4v) is 2.84. The molecule has 0 radical (unpaired) electrons. The van der Waals surface area contributed by atoms with E-state index in [0.717, 1.165) is 30.1 Å². The van der Waals surface area contributed by atoms with Crippen molar-refractivity contribution in [2.75, 3.05) is 18.0 Å². The second-order valence-corrected chi connectivity index (χ2v) is 5.48. The van der Waals surface area contributed by atoms with Crippen molar-refractivity contribution in [3.63, 3.8) is 0 Å². The molecular formula is C15H17N7. The van der Waals surface area contributed by atoms with E-state index in [0.29, 0.717) is 19.4 Å². The van der Waals surface area contributed by atoms with Crippen LogP contribution in [-0.2, 0) is 6.54 Å². The van der Waals surface area contributed by atoms with Gasteiger partial charge in [0, 0.05) is 26.1 Å². The Morgan fingerprint density at radius 1 is 1.18 bits per heavy atom. The fourth-order valence-electron chi connectivity index (χ4n) is 2.84. The van der Waals surface area contributed by atoms with Crippen LogP contribution in [0.2, 0.25) is 0 Å². The van der Waals surface area contributed by atoms with Crippen molar-refractivity contribution in [3.05, 3.63) is 12.7 Å². The molecule has 0 aliphatic carbocycles. The number of hydrogen-bond donors (Lipinski definition) is 0. The Balaban J connectivity index is 1.87. The maximum Gasteiger partial charge on any atom is 0.165 e. The highest BCUT2D eigenvalue weighted by molar-refractivity contribution is 5.83. The van der Waals surface area contributed by atoms with Gasteiger partial charge >= 0.3 is 0 Å². The van der Waals surface area contributed by atoms with Gasteiger partial charge in [0.1, 0.15) is 6.33 Å². The summed E-state index contributed by atoms with van der Waals surface area (Å²) < 4.78 is 1.89. The molecule has 3 rings (SSSR count). The molecule has 1 fully saturated rings. The highest BCUT2D eigenvalue weighted by Gasteiger charge is 2.20. The van der Waals surface area contributed by atoms with Gasteiger partial charge in [0.15, 0.2) is 17.0 Å². The van der Waals surface area contributed by atoms with Crippen molar-refractivity contribution in [1.82, 2.24) is 19.5 Å². The van der Waals surface area contributed by atoms with Crippen LogP contribution in [0.25, 0.3) is 11.2 Å². The zero-order valence-corrected chi connectivity index (χ0v) is 12.3. The lowest BCUT2D eigenvalue weighted by atomic mass is 10.1. The van der Waals surface area contributed by atoms with Gasteiger partial charge in [-0.15, -0.1) is 0 Å². The van der Waals surface area contributed by atoms with Crippen molar-refractivity contribution >= 4 is 17.0 Å². The van der Waals surface area contributed by atoms with Crippen LogP contribution in [0.1, 0.15) is 25.7 Å². The van der Waals surface area contributed by atoms with E-state index >= 15 is 0 Å². The lowest BCUT2D eigenvalue weighted by molar-refractivity contribution is 0.517. The fraction of sp³-hybridized carbons (Fsp3) is 0.533. The molecular weight excluding hydrogens is 278 g/mol. The Bertz CT molecular complexity index is 730. The SMILES string of the molecule is N#CCC[C@H](C#N)Cn1cnc2c(N3CCCC3)ncnc21. The first-order valence-corrected chi connectivity index (χ1v) is 7.51. The third-order valence-corrected chi connectivity index (χ3v) is 3.99. The molecule has 1 saturated heterocycles. The molecule has 7 heteroatoms. The number of imidazole rings is 1. The Kier molecular flexibility index (Phi) is 4.15. The standard InChI is InChI=1S/C15H17N7/c16-5-3-4-12(8-17)9-22-11-20-13-14(18-10-19-15(13)22)21-6-1-2-7-21/h10-12H,1-4,6-7,9H2/t12-/m1/s1. The third-order valence-electron chi connectivity index (χ3n) is 3.99. The van der Waals surface area contributed by atoms with Crippen LogP contribution < -0.4 is 4.90 Å². The molecule has 22 heavy (non-hydrogen) atoms. The molecule has 2 aromatic heterocycles. The first-order valence-electron chi connectivity index (χ1n) is 7.51. The van der Waals surface area contributed by atoms with Crippen molar-refractivity contribution in [2.24, 2.45) is 5.92 Å². The Labute approximate surface area is 128 Å². The Morgan fingerprint density at radius 3 is 2.73 bits per heavy atom. The molecule has 0 amide bonds. The van der Waals surface area contributed by atoms with Gasteiger partial charge in [-0.25, -0.2) is 15.0 Å². The maximum absolute atomic E-state index is 9.22. The average Bonchev–Trinajstić information content (AvgIpc) is 3.21. The topological polar surface area (TPSA) is 94.4 Å². The number of rotatable bonds is 5. The lowest BCUT2D eigenvalue weighted by Gasteiger charge is -2.16. The van der Waals surface area contributed by atoms with Crippen LogP contribution in [0.3, 0.4) is 0 Å². The number of nitrogens with zero attached hydrogens (tertiary/aromatic N) is 7. The number of aromatic nitrogens is 4. The van der Waals surface area contributed by atoms with E-state index in [4.69, 9.17) is 5.26 Å². The zero-order chi connectivity index (χ0) is 15.4. The van der Waals surface area contributed by atoms with E-state index < -0.39 is 0 Å². The van der Waals surface area contributed by atoms with Gasteiger partial charge in [-0.2, -0.15) is 10.5 Å². The molecule has 0 N–H and O–H groups in total. The molecule has 0 spiro atoms. The van der Waals surface area contributed by atoms with Gasteiger partial charge in [0.2, 0.25) is 0 Å². The molecule has 3 heterocycles. The predicted octanol–water partition coefficient (Wildman–Crippen LogP) is 1.87. The monoisotopic (exact) mass is 295 g/mol. The van der Waals surface area contributed by atoms with Gasteiger partial charge < -0.3 is 9.47 Å². The van der Waals surface area contributed by atoms with Crippen LogP contribution in [-0.4, -0.2) is 32.6 Å². The molecule has 1 aliphatic heterocycles. The highest BCUT2D eigenvalue weighted by atomic mass is 15.2. The molecule has 0 unspecified atom stereocenters. The van der Waals surface area contributed by atoms with Gasteiger partial charge in [-0.3, -0.25) is 0 Å². The molecule has 7 nitrogen and oxygen atoms in total. The Hall–Kier alpha value is -2.67. The molecule has 2 aromatic rings. The summed E-state index contributed by atoms with van der Waals surface area (Å²) in [6, 6.07) is 4.34. The second kappa shape index (κ2) is 6.40. The quantitative estimate of drug-likeness (QED) is 0.835. The normalized spacial score (nSPS) is 15.6. The third kappa shape index (κ3) is 2.71. The average molecular weight is 295 g/mol. The minimum atomic E-state index is -0.206. The Morgan fingerprint density at radius 2 is 2.00 bits per heavy atom. The summed E-state index contributed by atoms with van der Waals surface area (Å²) in [5, 5.41) is 17.9. The van der Waals surface area contributed by atoms with E-state index in [-0.39, 0.29) is 5.92 Å². The smallest absolute Gasteiger partial charge is 0.165 e. The number of hydrogen-bond acceptors (Lipinski definition) is 6. The molecule has 0 aromatic carbocycles. The van der Waals surface area contributed by atoms with Crippen molar-refractivity contribution < 1.29 is 0 Å². The number of fused-ring (bicyclic) bond motifs is 1. The van der Waals surface area contributed by atoms with E-state index in [9.17, 15) is 5.26 Å². The molecule has 1 aliphatic rings.